The molecule has 6 heteroatoms. The summed E-state index contributed by atoms with van der Waals surface area (Å²) in [4.78, 5) is 12.5. The number of hydrogen-bond donors (Lipinski definition) is 1. The average Bonchev–Trinajstić information content (AvgIpc) is 2.54. The number of amides is 1. The van der Waals surface area contributed by atoms with E-state index in [0.29, 0.717) is 13.0 Å². The Balaban J connectivity index is 2.18. The van der Waals surface area contributed by atoms with Crippen molar-refractivity contribution in [1.29, 1.82) is 0 Å². The van der Waals surface area contributed by atoms with Gasteiger partial charge in [-0.05, 0) is 36.2 Å². The highest BCUT2D eigenvalue weighted by molar-refractivity contribution is 9.10. The highest BCUT2D eigenvalue weighted by atomic mass is 79.9. The molecule has 23 heavy (non-hydrogen) atoms. The van der Waals surface area contributed by atoms with Crippen molar-refractivity contribution in [1.82, 2.24) is 5.32 Å². The molecule has 0 saturated carbocycles. The van der Waals surface area contributed by atoms with Crippen LogP contribution in [-0.4, -0.2) is 20.1 Å². The Morgan fingerprint density at radius 1 is 1.09 bits per heavy atom. The number of carbonyl (C=O) groups is 1. The van der Waals surface area contributed by atoms with Crippen molar-refractivity contribution in [3.05, 3.63) is 64.1 Å². The lowest BCUT2D eigenvalue weighted by Gasteiger charge is -2.10. The van der Waals surface area contributed by atoms with Crippen LogP contribution in [0, 0.1) is 0 Å². The minimum Gasteiger partial charge on any atom is -0.348 e. The van der Waals surface area contributed by atoms with E-state index in [1.165, 1.54) is 6.07 Å². The topological polar surface area (TPSA) is 63.2 Å². The summed E-state index contributed by atoms with van der Waals surface area (Å²) in [6, 6.07) is 13.9. The molecule has 2 aromatic carbocycles. The largest absolute Gasteiger partial charge is 0.348 e. The van der Waals surface area contributed by atoms with Gasteiger partial charge in [0.15, 0.2) is 9.84 Å². The van der Waals surface area contributed by atoms with Gasteiger partial charge < -0.3 is 5.32 Å². The molecule has 0 unspecified atom stereocenters. The predicted octanol–water partition coefficient (Wildman–Crippen LogP) is 3.56. The molecule has 0 aliphatic carbocycles. The Morgan fingerprint density at radius 3 is 2.39 bits per heavy atom. The fraction of sp³-hybridized carbons (Fsp3) is 0.235. The van der Waals surface area contributed by atoms with Crippen molar-refractivity contribution < 1.29 is 13.2 Å². The maximum atomic E-state index is 12.4. The SMILES string of the molecule is CCCS(=O)(=O)c1ccccc1C(=O)NCc1ccc(Br)cc1. The summed E-state index contributed by atoms with van der Waals surface area (Å²) in [5, 5.41) is 2.77. The van der Waals surface area contributed by atoms with E-state index in [1.807, 2.05) is 24.3 Å². The standard InChI is InChI=1S/C17H18BrNO3S/c1-2-11-23(21,22)16-6-4-3-5-15(16)17(20)19-12-13-7-9-14(18)10-8-13/h3-10H,2,11-12H2,1H3,(H,19,20). The van der Waals surface area contributed by atoms with Crippen LogP contribution < -0.4 is 5.32 Å². The fourth-order valence-electron chi connectivity index (χ4n) is 2.18. The van der Waals surface area contributed by atoms with E-state index in [-0.39, 0.29) is 22.1 Å². The van der Waals surface area contributed by atoms with Crippen molar-refractivity contribution in [2.24, 2.45) is 0 Å². The molecule has 0 bridgehead atoms. The lowest BCUT2D eigenvalue weighted by molar-refractivity contribution is 0.0947. The van der Waals surface area contributed by atoms with Crippen molar-refractivity contribution in [2.45, 2.75) is 24.8 Å². The van der Waals surface area contributed by atoms with Crippen LogP contribution in [0.1, 0.15) is 29.3 Å². The Morgan fingerprint density at radius 2 is 1.74 bits per heavy atom. The third kappa shape index (κ3) is 4.65. The van der Waals surface area contributed by atoms with E-state index in [0.717, 1.165) is 10.0 Å². The first-order valence-electron chi connectivity index (χ1n) is 7.28. The van der Waals surface area contributed by atoms with Crippen molar-refractivity contribution in [3.8, 4) is 0 Å². The molecule has 1 amide bonds. The van der Waals surface area contributed by atoms with E-state index in [1.54, 1.807) is 25.1 Å². The van der Waals surface area contributed by atoms with Crippen LogP contribution in [0.4, 0.5) is 0 Å². The second-order valence-electron chi connectivity index (χ2n) is 5.12. The third-order valence-corrected chi connectivity index (χ3v) is 5.81. The van der Waals surface area contributed by atoms with Crippen molar-refractivity contribution >= 4 is 31.7 Å². The van der Waals surface area contributed by atoms with Gasteiger partial charge in [0.05, 0.1) is 16.2 Å². The van der Waals surface area contributed by atoms with Gasteiger partial charge in [0.25, 0.3) is 5.91 Å². The highest BCUT2D eigenvalue weighted by Gasteiger charge is 2.21. The zero-order chi connectivity index (χ0) is 16.9. The maximum Gasteiger partial charge on any atom is 0.252 e. The van der Waals surface area contributed by atoms with E-state index >= 15 is 0 Å². The minimum atomic E-state index is -3.44. The number of rotatable bonds is 6. The zero-order valence-corrected chi connectivity index (χ0v) is 15.2. The van der Waals surface area contributed by atoms with Gasteiger partial charge in [-0.2, -0.15) is 0 Å². The van der Waals surface area contributed by atoms with Crippen LogP contribution in [0.5, 0.6) is 0 Å². The van der Waals surface area contributed by atoms with E-state index < -0.39 is 9.84 Å². The normalized spacial score (nSPS) is 11.2. The predicted molar refractivity (Wildman–Crippen MR) is 94.1 cm³/mol. The number of benzene rings is 2. The minimum absolute atomic E-state index is 0.0318. The quantitative estimate of drug-likeness (QED) is 0.812. The van der Waals surface area contributed by atoms with Gasteiger partial charge in [-0.3, -0.25) is 4.79 Å². The molecular weight excluding hydrogens is 378 g/mol. The van der Waals surface area contributed by atoms with Crippen molar-refractivity contribution in [3.63, 3.8) is 0 Å². The molecule has 1 N–H and O–H groups in total. The monoisotopic (exact) mass is 395 g/mol. The van der Waals surface area contributed by atoms with Gasteiger partial charge in [0, 0.05) is 11.0 Å². The highest BCUT2D eigenvalue weighted by Crippen LogP contribution is 2.18. The summed E-state index contributed by atoms with van der Waals surface area (Å²) < 4.78 is 25.5. The molecule has 0 radical (unpaired) electrons. The molecule has 4 nitrogen and oxygen atoms in total. The van der Waals surface area contributed by atoms with Gasteiger partial charge in [-0.25, -0.2) is 8.42 Å². The Labute approximate surface area is 145 Å². The molecule has 0 saturated heterocycles. The van der Waals surface area contributed by atoms with Crippen LogP contribution in [0.15, 0.2) is 57.9 Å². The summed E-state index contributed by atoms with van der Waals surface area (Å²) in [7, 11) is -3.44. The van der Waals surface area contributed by atoms with Gasteiger partial charge in [-0.1, -0.05) is 47.1 Å². The van der Waals surface area contributed by atoms with Crippen LogP contribution in [0.2, 0.25) is 0 Å². The molecule has 0 fully saturated rings. The van der Waals surface area contributed by atoms with Crippen LogP contribution in [0.25, 0.3) is 0 Å². The first-order chi connectivity index (χ1) is 10.9. The fourth-order valence-corrected chi connectivity index (χ4v) is 3.99. The molecule has 2 aromatic rings. The van der Waals surface area contributed by atoms with Gasteiger partial charge in [-0.15, -0.1) is 0 Å². The molecule has 2 rings (SSSR count). The molecule has 0 atom stereocenters. The number of halogens is 1. The lowest BCUT2D eigenvalue weighted by Crippen LogP contribution is -2.25. The first-order valence-corrected chi connectivity index (χ1v) is 9.73. The number of nitrogens with one attached hydrogen (secondary N) is 1. The molecule has 0 aromatic heterocycles. The molecule has 0 heterocycles. The molecule has 0 spiro atoms. The van der Waals surface area contributed by atoms with Crippen LogP contribution in [-0.2, 0) is 16.4 Å². The molecule has 122 valence electrons. The molecular formula is C17H18BrNO3S. The van der Waals surface area contributed by atoms with Crippen LogP contribution in [0.3, 0.4) is 0 Å². The summed E-state index contributed by atoms with van der Waals surface area (Å²) in [5.41, 5.74) is 1.13. The second kappa shape index (κ2) is 7.75. The number of carbonyl (C=O) groups excluding carboxylic acids is 1. The van der Waals surface area contributed by atoms with Crippen LogP contribution >= 0.6 is 15.9 Å². The second-order valence-corrected chi connectivity index (χ2v) is 8.12. The summed E-state index contributed by atoms with van der Waals surface area (Å²) in [5.74, 6) is -0.354. The average molecular weight is 396 g/mol. The lowest BCUT2D eigenvalue weighted by atomic mass is 10.2. The van der Waals surface area contributed by atoms with E-state index in [4.69, 9.17) is 0 Å². The summed E-state index contributed by atoms with van der Waals surface area (Å²) >= 11 is 3.35. The smallest absolute Gasteiger partial charge is 0.252 e. The summed E-state index contributed by atoms with van der Waals surface area (Å²) in [6.07, 6.45) is 0.511. The number of sulfone groups is 1. The van der Waals surface area contributed by atoms with Crippen molar-refractivity contribution in [2.75, 3.05) is 5.75 Å². The molecule has 0 aliphatic heterocycles. The number of hydrogen-bond acceptors (Lipinski definition) is 3. The van der Waals surface area contributed by atoms with E-state index in [9.17, 15) is 13.2 Å². The maximum absolute atomic E-state index is 12.4. The van der Waals surface area contributed by atoms with Gasteiger partial charge >= 0.3 is 0 Å². The zero-order valence-electron chi connectivity index (χ0n) is 12.8. The van der Waals surface area contributed by atoms with Gasteiger partial charge in [0.1, 0.15) is 0 Å². The Kier molecular flexibility index (Phi) is 5.96. The van der Waals surface area contributed by atoms with E-state index in [2.05, 4.69) is 21.2 Å². The third-order valence-electron chi connectivity index (χ3n) is 3.31. The Hall–Kier alpha value is -1.66. The first kappa shape index (κ1) is 17.7. The van der Waals surface area contributed by atoms with Gasteiger partial charge in [0.2, 0.25) is 0 Å². The Bertz CT molecular complexity index is 786. The molecule has 0 aliphatic rings. The summed E-state index contributed by atoms with van der Waals surface area (Å²) in [6.45, 7) is 2.14.